The zero-order valence-corrected chi connectivity index (χ0v) is 14.2. The van der Waals surface area contributed by atoms with Crippen molar-refractivity contribution in [3.05, 3.63) is 83.6 Å². The van der Waals surface area contributed by atoms with Gasteiger partial charge in [-0.15, -0.1) is 6.42 Å². The largest absolute Gasteiger partial charge is 0.311 e. The lowest BCUT2D eigenvalue weighted by molar-refractivity contribution is 0.0992. The van der Waals surface area contributed by atoms with E-state index in [9.17, 15) is 4.79 Å². The number of carbonyl (C=O) groups is 1. The third-order valence-electron chi connectivity index (χ3n) is 4.21. The van der Waals surface area contributed by atoms with E-state index in [4.69, 9.17) is 6.42 Å². The molecule has 0 N–H and O–H groups in total. The highest BCUT2D eigenvalue weighted by atomic mass is 16.2. The number of anilines is 1. The van der Waals surface area contributed by atoms with Crippen LogP contribution in [0.4, 0.5) is 5.69 Å². The maximum absolute atomic E-state index is 13.0. The number of hydrogen-bond acceptors (Lipinski definition) is 2. The summed E-state index contributed by atoms with van der Waals surface area (Å²) in [6.07, 6.45) is 7.20. The average molecular weight is 326 g/mol. The van der Waals surface area contributed by atoms with Crippen LogP contribution >= 0.6 is 0 Å². The number of pyridine rings is 1. The number of benzene rings is 2. The molecule has 122 valence electrons. The molecular weight excluding hydrogens is 308 g/mol. The summed E-state index contributed by atoms with van der Waals surface area (Å²) in [5.41, 5.74) is 4.88. The Labute approximate surface area is 148 Å². The molecule has 0 aliphatic heterocycles. The first-order valence-corrected chi connectivity index (χ1v) is 7.97. The van der Waals surface area contributed by atoms with Gasteiger partial charge in [0.1, 0.15) is 0 Å². The predicted molar refractivity (Wildman–Crippen MR) is 102 cm³/mol. The van der Waals surface area contributed by atoms with Crippen LogP contribution in [0.3, 0.4) is 0 Å². The third-order valence-corrected chi connectivity index (χ3v) is 4.21. The number of aromatic nitrogens is 1. The van der Waals surface area contributed by atoms with E-state index in [0.717, 1.165) is 28.1 Å². The van der Waals surface area contributed by atoms with Crippen molar-refractivity contribution < 1.29 is 4.79 Å². The van der Waals surface area contributed by atoms with Crippen molar-refractivity contribution in [1.82, 2.24) is 4.98 Å². The molecule has 1 aromatic heterocycles. The van der Waals surface area contributed by atoms with Crippen molar-refractivity contribution in [3.8, 4) is 23.6 Å². The van der Waals surface area contributed by atoms with Crippen molar-refractivity contribution in [1.29, 1.82) is 0 Å². The van der Waals surface area contributed by atoms with Gasteiger partial charge < -0.3 is 4.90 Å². The lowest BCUT2D eigenvalue weighted by atomic mass is 9.98. The fraction of sp³-hybridized carbons (Fsp3) is 0.0909. The van der Waals surface area contributed by atoms with Gasteiger partial charge in [0.15, 0.2) is 0 Å². The Morgan fingerprint density at radius 2 is 1.88 bits per heavy atom. The van der Waals surface area contributed by atoms with Gasteiger partial charge in [0.2, 0.25) is 0 Å². The van der Waals surface area contributed by atoms with Gasteiger partial charge in [-0.1, -0.05) is 30.2 Å². The molecule has 1 heterocycles. The number of nitrogens with zero attached hydrogens (tertiary/aromatic N) is 2. The SMILES string of the molecule is C#Cc1cccc(N(C)C(=O)c2cccc(-c3ccccn3)c2C)c1. The highest BCUT2D eigenvalue weighted by Crippen LogP contribution is 2.26. The first-order chi connectivity index (χ1) is 12.1. The molecule has 0 saturated heterocycles. The maximum atomic E-state index is 13.0. The third kappa shape index (κ3) is 3.29. The van der Waals surface area contributed by atoms with Gasteiger partial charge in [0, 0.05) is 35.6 Å². The maximum Gasteiger partial charge on any atom is 0.258 e. The van der Waals surface area contributed by atoms with Crippen molar-refractivity contribution in [2.24, 2.45) is 0 Å². The first kappa shape index (κ1) is 16.5. The van der Waals surface area contributed by atoms with Crippen LogP contribution in [0.5, 0.6) is 0 Å². The van der Waals surface area contributed by atoms with E-state index in [1.807, 2.05) is 67.6 Å². The van der Waals surface area contributed by atoms with Crippen LogP contribution in [0.25, 0.3) is 11.3 Å². The monoisotopic (exact) mass is 326 g/mol. The smallest absolute Gasteiger partial charge is 0.258 e. The van der Waals surface area contributed by atoms with E-state index in [0.29, 0.717) is 5.56 Å². The molecule has 1 amide bonds. The molecule has 2 aromatic carbocycles. The van der Waals surface area contributed by atoms with E-state index in [1.54, 1.807) is 18.1 Å². The fourth-order valence-electron chi connectivity index (χ4n) is 2.77. The van der Waals surface area contributed by atoms with Crippen LogP contribution in [0, 0.1) is 19.3 Å². The average Bonchev–Trinajstić information content (AvgIpc) is 2.67. The van der Waals surface area contributed by atoms with Crippen molar-refractivity contribution >= 4 is 11.6 Å². The summed E-state index contributed by atoms with van der Waals surface area (Å²) >= 11 is 0. The molecular formula is C22H18N2O. The first-order valence-electron chi connectivity index (χ1n) is 7.97. The molecule has 0 bridgehead atoms. The summed E-state index contributed by atoms with van der Waals surface area (Å²) < 4.78 is 0. The second-order valence-corrected chi connectivity index (χ2v) is 5.75. The zero-order valence-electron chi connectivity index (χ0n) is 14.2. The van der Waals surface area contributed by atoms with Gasteiger partial charge in [0.05, 0.1) is 5.69 Å². The Kier molecular flexibility index (Phi) is 4.63. The fourth-order valence-corrected chi connectivity index (χ4v) is 2.77. The molecule has 3 nitrogen and oxygen atoms in total. The van der Waals surface area contributed by atoms with Gasteiger partial charge in [-0.25, -0.2) is 0 Å². The van der Waals surface area contributed by atoms with E-state index in [-0.39, 0.29) is 5.91 Å². The molecule has 0 saturated carbocycles. The molecule has 3 aromatic rings. The Morgan fingerprint density at radius 3 is 2.60 bits per heavy atom. The number of hydrogen-bond donors (Lipinski definition) is 0. The number of carbonyl (C=O) groups excluding carboxylic acids is 1. The minimum Gasteiger partial charge on any atom is -0.311 e. The lowest BCUT2D eigenvalue weighted by Gasteiger charge is -2.20. The highest BCUT2D eigenvalue weighted by molar-refractivity contribution is 6.07. The number of amides is 1. The van der Waals surface area contributed by atoms with Crippen molar-refractivity contribution in [2.45, 2.75) is 6.92 Å². The number of rotatable bonds is 3. The lowest BCUT2D eigenvalue weighted by Crippen LogP contribution is -2.27. The van der Waals surface area contributed by atoms with Crippen LogP contribution in [0.1, 0.15) is 21.5 Å². The molecule has 0 atom stereocenters. The minimum absolute atomic E-state index is 0.0792. The van der Waals surface area contributed by atoms with E-state index in [1.165, 1.54) is 0 Å². The summed E-state index contributed by atoms with van der Waals surface area (Å²) in [5.74, 6) is 2.52. The Morgan fingerprint density at radius 1 is 1.08 bits per heavy atom. The van der Waals surface area contributed by atoms with Crippen LogP contribution in [-0.4, -0.2) is 17.9 Å². The topological polar surface area (TPSA) is 33.2 Å². The second-order valence-electron chi connectivity index (χ2n) is 5.75. The summed E-state index contributed by atoms with van der Waals surface area (Å²) in [7, 11) is 1.75. The summed E-state index contributed by atoms with van der Waals surface area (Å²) in [6.45, 7) is 1.95. The van der Waals surface area contributed by atoms with E-state index >= 15 is 0 Å². The molecule has 25 heavy (non-hydrogen) atoms. The van der Waals surface area contributed by atoms with Gasteiger partial charge >= 0.3 is 0 Å². The molecule has 3 heteroatoms. The second kappa shape index (κ2) is 7.02. The Bertz CT molecular complexity index is 955. The van der Waals surface area contributed by atoms with E-state index in [2.05, 4.69) is 10.9 Å². The highest BCUT2D eigenvalue weighted by Gasteiger charge is 2.18. The van der Waals surface area contributed by atoms with Crippen LogP contribution < -0.4 is 4.90 Å². The van der Waals surface area contributed by atoms with Gasteiger partial charge in [-0.05, 0) is 48.9 Å². The Hall–Kier alpha value is -3.38. The molecule has 0 spiro atoms. The summed E-state index contributed by atoms with van der Waals surface area (Å²) in [6, 6.07) is 18.9. The van der Waals surface area contributed by atoms with Crippen molar-refractivity contribution in [3.63, 3.8) is 0 Å². The minimum atomic E-state index is -0.0792. The normalized spacial score (nSPS) is 10.1. The number of terminal acetylenes is 1. The van der Waals surface area contributed by atoms with Crippen molar-refractivity contribution in [2.75, 3.05) is 11.9 Å². The van der Waals surface area contributed by atoms with Gasteiger partial charge in [0.25, 0.3) is 5.91 Å². The Balaban J connectivity index is 1.99. The van der Waals surface area contributed by atoms with E-state index < -0.39 is 0 Å². The van der Waals surface area contributed by atoms with Gasteiger partial charge in [-0.2, -0.15) is 0 Å². The summed E-state index contributed by atoms with van der Waals surface area (Å²) in [4.78, 5) is 19.0. The predicted octanol–water partition coefficient (Wildman–Crippen LogP) is 4.31. The molecule has 0 unspecified atom stereocenters. The van der Waals surface area contributed by atoms with Crippen LogP contribution in [0.2, 0.25) is 0 Å². The molecule has 0 radical (unpaired) electrons. The molecule has 0 aliphatic rings. The van der Waals surface area contributed by atoms with Crippen LogP contribution in [0.15, 0.2) is 66.9 Å². The zero-order chi connectivity index (χ0) is 17.8. The molecule has 3 rings (SSSR count). The molecule has 0 fully saturated rings. The standard InChI is InChI=1S/C22H18N2O/c1-4-17-9-7-10-18(15-17)24(3)22(25)20-12-8-11-19(16(20)2)21-13-5-6-14-23-21/h1,5-15H,2-3H3. The molecule has 0 aliphatic carbocycles. The van der Waals surface area contributed by atoms with Gasteiger partial charge in [-0.3, -0.25) is 9.78 Å². The van der Waals surface area contributed by atoms with Crippen LogP contribution in [-0.2, 0) is 0 Å². The quantitative estimate of drug-likeness (QED) is 0.672. The summed E-state index contributed by atoms with van der Waals surface area (Å²) in [5, 5.41) is 0.